The molecule has 0 atom stereocenters. The number of amides is 1. The molecule has 1 amide bonds. The zero-order chi connectivity index (χ0) is 16.9. The highest BCUT2D eigenvalue weighted by Crippen LogP contribution is 2.09. The fourth-order valence-corrected chi connectivity index (χ4v) is 2.66. The van der Waals surface area contributed by atoms with Crippen molar-refractivity contribution in [2.75, 3.05) is 39.3 Å². The second-order valence-electron chi connectivity index (χ2n) is 5.64. The van der Waals surface area contributed by atoms with Crippen LogP contribution in [0, 0.1) is 0 Å². The smallest absolute Gasteiger partial charge is 0.359 e. The molecule has 24 heavy (non-hydrogen) atoms. The molecule has 0 spiro atoms. The van der Waals surface area contributed by atoms with Crippen LogP contribution in [0.3, 0.4) is 0 Å². The number of esters is 1. The number of nitrogens with zero attached hydrogens (tertiary/aromatic N) is 4. The third-order valence-corrected chi connectivity index (χ3v) is 4.16. The van der Waals surface area contributed by atoms with Gasteiger partial charge in [0.15, 0.2) is 12.3 Å². The molecule has 2 heterocycles. The number of para-hydroxylation sites is 2. The predicted octanol–water partition coefficient (Wildman–Crippen LogP) is 0.951. The Bertz CT molecular complexity index is 741. The van der Waals surface area contributed by atoms with Gasteiger partial charge in [0.05, 0.1) is 17.2 Å². The summed E-state index contributed by atoms with van der Waals surface area (Å²) in [6, 6.07) is 7.27. The van der Waals surface area contributed by atoms with E-state index < -0.39 is 5.97 Å². The van der Waals surface area contributed by atoms with E-state index >= 15 is 0 Å². The number of carbonyl (C=O) groups is 2. The Morgan fingerprint density at radius 1 is 1.12 bits per heavy atom. The molecular formula is C17H20N4O3. The van der Waals surface area contributed by atoms with Gasteiger partial charge in [-0.1, -0.05) is 19.1 Å². The summed E-state index contributed by atoms with van der Waals surface area (Å²) in [5, 5.41) is 0. The van der Waals surface area contributed by atoms with Crippen LogP contribution in [-0.4, -0.2) is 71.0 Å². The first-order chi connectivity index (χ1) is 11.7. The molecule has 0 radical (unpaired) electrons. The van der Waals surface area contributed by atoms with Crippen molar-refractivity contribution >= 4 is 22.9 Å². The van der Waals surface area contributed by atoms with Crippen LogP contribution in [0.2, 0.25) is 0 Å². The molecule has 2 aromatic rings. The summed E-state index contributed by atoms with van der Waals surface area (Å²) in [6.07, 6.45) is 1.37. The number of fused-ring (bicyclic) bond motifs is 1. The lowest BCUT2D eigenvalue weighted by Crippen LogP contribution is -2.49. The van der Waals surface area contributed by atoms with Gasteiger partial charge < -0.3 is 14.5 Å². The van der Waals surface area contributed by atoms with Crippen molar-refractivity contribution in [3.8, 4) is 0 Å². The minimum Gasteiger partial charge on any atom is -0.451 e. The van der Waals surface area contributed by atoms with Crippen molar-refractivity contribution < 1.29 is 14.3 Å². The van der Waals surface area contributed by atoms with Crippen molar-refractivity contribution in [2.45, 2.75) is 6.92 Å². The molecule has 126 valence electrons. The molecule has 0 bridgehead atoms. The number of piperazine rings is 1. The van der Waals surface area contributed by atoms with E-state index in [2.05, 4.69) is 21.8 Å². The van der Waals surface area contributed by atoms with Gasteiger partial charge in [0.25, 0.3) is 5.91 Å². The van der Waals surface area contributed by atoms with Crippen molar-refractivity contribution in [3.63, 3.8) is 0 Å². The molecular weight excluding hydrogens is 308 g/mol. The van der Waals surface area contributed by atoms with E-state index in [9.17, 15) is 9.59 Å². The number of ether oxygens (including phenoxy) is 1. The summed E-state index contributed by atoms with van der Waals surface area (Å²) in [7, 11) is 0. The average Bonchev–Trinajstić information content (AvgIpc) is 2.65. The first kappa shape index (κ1) is 16.3. The molecule has 7 heteroatoms. The van der Waals surface area contributed by atoms with Crippen molar-refractivity contribution in [3.05, 3.63) is 36.2 Å². The summed E-state index contributed by atoms with van der Waals surface area (Å²) in [5.41, 5.74) is 1.44. The largest absolute Gasteiger partial charge is 0.451 e. The standard InChI is InChI=1S/C17H20N4O3/c1-2-20-7-9-21(10-8-20)16(22)12-24-17(23)15-11-18-13-5-3-4-6-14(13)19-15/h3-6,11H,2,7-10,12H2,1H3. The van der Waals surface area contributed by atoms with Gasteiger partial charge in [-0.3, -0.25) is 9.78 Å². The minimum atomic E-state index is -0.631. The second kappa shape index (κ2) is 7.35. The molecule has 0 N–H and O–H groups in total. The highest BCUT2D eigenvalue weighted by Gasteiger charge is 2.21. The van der Waals surface area contributed by atoms with Gasteiger partial charge in [0.1, 0.15) is 0 Å². The Hall–Kier alpha value is -2.54. The molecule has 7 nitrogen and oxygen atoms in total. The highest BCUT2D eigenvalue weighted by molar-refractivity contribution is 5.91. The molecule has 0 saturated carbocycles. The van der Waals surface area contributed by atoms with E-state index in [1.807, 2.05) is 18.2 Å². The van der Waals surface area contributed by atoms with Crippen molar-refractivity contribution in [1.29, 1.82) is 0 Å². The Morgan fingerprint density at radius 3 is 2.54 bits per heavy atom. The maximum absolute atomic E-state index is 12.1. The van der Waals surface area contributed by atoms with E-state index in [4.69, 9.17) is 4.74 Å². The molecule has 1 aliphatic heterocycles. The third-order valence-electron chi connectivity index (χ3n) is 4.16. The topological polar surface area (TPSA) is 75.6 Å². The van der Waals surface area contributed by atoms with E-state index in [0.717, 1.165) is 19.6 Å². The van der Waals surface area contributed by atoms with Gasteiger partial charge in [0, 0.05) is 26.2 Å². The lowest BCUT2D eigenvalue weighted by atomic mass is 10.3. The molecule has 1 fully saturated rings. The molecule has 3 rings (SSSR count). The predicted molar refractivity (Wildman–Crippen MR) is 88.5 cm³/mol. The van der Waals surface area contributed by atoms with Crippen LogP contribution in [-0.2, 0) is 9.53 Å². The van der Waals surface area contributed by atoms with Crippen LogP contribution in [0.5, 0.6) is 0 Å². The Morgan fingerprint density at radius 2 is 1.83 bits per heavy atom. The summed E-state index contributed by atoms with van der Waals surface area (Å²) >= 11 is 0. The Balaban J connectivity index is 1.55. The maximum atomic E-state index is 12.1. The minimum absolute atomic E-state index is 0.109. The fraction of sp³-hybridized carbons (Fsp3) is 0.412. The molecule has 1 aromatic heterocycles. The van der Waals surface area contributed by atoms with Crippen LogP contribution >= 0.6 is 0 Å². The maximum Gasteiger partial charge on any atom is 0.359 e. The van der Waals surface area contributed by atoms with E-state index in [0.29, 0.717) is 24.1 Å². The SMILES string of the molecule is CCN1CCN(C(=O)COC(=O)c2cnc3ccccc3n2)CC1. The van der Waals surface area contributed by atoms with Crippen LogP contribution in [0.25, 0.3) is 11.0 Å². The molecule has 1 aliphatic rings. The number of hydrogen-bond donors (Lipinski definition) is 0. The number of hydrogen-bond acceptors (Lipinski definition) is 6. The number of likely N-dealkylation sites (N-methyl/N-ethyl adjacent to an activating group) is 1. The van der Waals surface area contributed by atoms with E-state index in [1.54, 1.807) is 11.0 Å². The average molecular weight is 328 g/mol. The number of benzene rings is 1. The van der Waals surface area contributed by atoms with Crippen LogP contribution in [0.1, 0.15) is 17.4 Å². The molecule has 0 unspecified atom stereocenters. The van der Waals surface area contributed by atoms with E-state index in [-0.39, 0.29) is 18.2 Å². The van der Waals surface area contributed by atoms with Crippen molar-refractivity contribution in [2.24, 2.45) is 0 Å². The van der Waals surface area contributed by atoms with Gasteiger partial charge in [0.2, 0.25) is 0 Å². The normalized spacial score (nSPS) is 15.5. The van der Waals surface area contributed by atoms with Crippen LogP contribution in [0.4, 0.5) is 0 Å². The van der Waals surface area contributed by atoms with Crippen LogP contribution in [0.15, 0.2) is 30.5 Å². The quantitative estimate of drug-likeness (QED) is 0.778. The highest BCUT2D eigenvalue weighted by atomic mass is 16.5. The summed E-state index contributed by atoms with van der Waals surface area (Å²) in [4.78, 5) is 36.6. The van der Waals surface area contributed by atoms with Gasteiger partial charge in [-0.2, -0.15) is 0 Å². The zero-order valence-corrected chi connectivity index (χ0v) is 13.6. The number of rotatable bonds is 4. The third kappa shape index (κ3) is 3.68. The fourth-order valence-electron chi connectivity index (χ4n) is 2.66. The lowest BCUT2D eigenvalue weighted by molar-refractivity contribution is -0.136. The lowest BCUT2D eigenvalue weighted by Gasteiger charge is -2.33. The van der Waals surface area contributed by atoms with Crippen molar-refractivity contribution in [1.82, 2.24) is 19.8 Å². The van der Waals surface area contributed by atoms with Crippen LogP contribution < -0.4 is 0 Å². The summed E-state index contributed by atoms with van der Waals surface area (Å²) < 4.78 is 5.10. The molecule has 1 saturated heterocycles. The zero-order valence-electron chi connectivity index (χ0n) is 13.6. The van der Waals surface area contributed by atoms with Gasteiger partial charge in [-0.15, -0.1) is 0 Å². The summed E-state index contributed by atoms with van der Waals surface area (Å²) in [5.74, 6) is -0.804. The van der Waals surface area contributed by atoms with Gasteiger partial charge in [-0.05, 0) is 18.7 Å². The molecule has 1 aromatic carbocycles. The first-order valence-electron chi connectivity index (χ1n) is 8.06. The summed E-state index contributed by atoms with van der Waals surface area (Å²) in [6.45, 7) is 5.86. The second-order valence-corrected chi connectivity index (χ2v) is 5.64. The monoisotopic (exact) mass is 328 g/mol. The van der Waals surface area contributed by atoms with E-state index in [1.165, 1.54) is 6.20 Å². The number of aromatic nitrogens is 2. The Labute approximate surface area is 140 Å². The molecule has 0 aliphatic carbocycles. The van der Waals surface area contributed by atoms with Gasteiger partial charge in [-0.25, -0.2) is 9.78 Å². The first-order valence-corrected chi connectivity index (χ1v) is 8.06. The van der Waals surface area contributed by atoms with Gasteiger partial charge >= 0.3 is 5.97 Å². The number of carbonyl (C=O) groups excluding carboxylic acids is 2. The Kier molecular flexibility index (Phi) is 5.00.